The lowest BCUT2D eigenvalue weighted by molar-refractivity contribution is 0.639. The van der Waals surface area contributed by atoms with E-state index in [1.54, 1.807) is 4.68 Å². The number of aromatic nitrogens is 4. The number of nitrogen functional groups attached to an aromatic ring is 1. The van der Waals surface area contributed by atoms with E-state index >= 15 is 0 Å². The first-order chi connectivity index (χ1) is 14.4. The summed E-state index contributed by atoms with van der Waals surface area (Å²) in [5, 5.41) is 5.36. The van der Waals surface area contributed by atoms with E-state index in [1.165, 1.54) is 6.33 Å². The number of halogens is 2. The summed E-state index contributed by atoms with van der Waals surface area (Å²) in [7, 11) is 1.91. The second-order valence-electron chi connectivity index (χ2n) is 7.34. The fourth-order valence-corrected chi connectivity index (χ4v) is 4.05. The van der Waals surface area contributed by atoms with Crippen molar-refractivity contribution in [1.82, 2.24) is 19.7 Å². The Hall–Kier alpha value is -2.89. The van der Waals surface area contributed by atoms with Crippen molar-refractivity contribution >= 4 is 29.0 Å². The van der Waals surface area contributed by atoms with Gasteiger partial charge in [-0.1, -0.05) is 60.5 Å². The maximum Gasteiger partial charge on any atom is 0.127 e. The highest BCUT2D eigenvalue weighted by atomic mass is 35.5. The lowest BCUT2D eigenvalue weighted by Gasteiger charge is -2.25. The molecule has 4 aromatic rings. The van der Waals surface area contributed by atoms with E-state index < -0.39 is 0 Å². The van der Waals surface area contributed by atoms with Crippen molar-refractivity contribution in [2.45, 2.75) is 18.8 Å². The molecular formula is C23H21Cl2N5. The van der Waals surface area contributed by atoms with Crippen LogP contribution in [-0.2, 0) is 7.05 Å². The van der Waals surface area contributed by atoms with Crippen LogP contribution in [-0.4, -0.2) is 19.7 Å². The quantitative estimate of drug-likeness (QED) is 0.434. The molecule has 2 aromatic carbocycles. The fraction of sp³-hybridized carbons (Fsp3) is 0.174. The monoisotopic (exact) mass is 437 g/mol. The predicted octanol–water partition coefficient (Wildman–Crippen LogP) is 5.70. The molecule has 0 amide bonds. The Bertz CT molecular complexity index is 1190. The molecule has 2 unspecified atom stereocenters. The van der Waals surface area contributed by atoms with Crippen LogP contribution >= 0.6 is 23.2 Å². The van der Waals surface area contributed by atoms with Crippen molar-refractivity contribution < 1.29 is 0 Å². The SMILES string of the molecule is CC(c1ccc(Cl)c(Cl)c1)C(c1cccc(-c2cnn(C)c2)c1)c1cc(N)ncn1. The van der Waals surface area contributed by atoms with Crippen molar-refractivity contribution in [2.75, 3.05) is 5.73 Å². The Morgan fingerprint density at radius 2 is 1.77 bits per heavy atom. The largest absolute Gasteiger partial charge is 0.384 e. The summed E-state index contributed by atoms with van der Waals surface area (Å²) in [4.78, 5) is 8.60. The molecule has 152 valence electrons. The van der Waals surface area contributed by atoms with Gasteiger partial charge in [0.15, 0.2) is 0 Å². The van der Waals surface area contributed by atoms with E-state index in [4.69, 9.17) is 28.9 Å². The average Bonchev–Trinajstić information content (AvgIpc) is 3.17. The predicted molar refractivity (Wildman–Crippen MR) is 122 cm³/mol. The summed E-state index contributed by atoms with van der Waals surface area (Å²) in [5.41, 5.74) is 11.2. The molecule has 0 aliphatic carbocycles. The van der Waals surface area contributed by atoms with Gasteiger partial charge >= 0.3 is 0 Å². The second-order valence-corrected chi connectivity index (χ2v) is 8.15. The van der Waals surface area contributed by atoms with Crippen molar-refractivity contribution in [3.05, 3.63) is 94.1 Å². The number of aryl methyl sites for hydroxylation is 1. The molecule has 0 saturated heterocycles. The van der Waals surface area contributed by atoms with Crippen LogP contribution in [0.25, 0.3) is 11.1 Å². The van der Waals surface area contributed by atoms with Crippen molar-refractivity contribution in [2.24, 2.45) is 7.05 Å². The Morgan fingerprint density at radius 1 is 0.933 bits per heavy atom. The summed E-state index contributed by atoms with van der Waals surface area (Å²) in [6, 6.07) is 16.0. The van der Waals surface area contributed by atoms with E-state index in [0.29, 0.717) is 15.9 Å². The number of anilines is 1. The molecule has 2 atom stereocenters. The number of nitrogens with two attached hydrogens (primary N) is 1. The van der Waals surface area contributed by atoms with Crippen molar-refractivity contribution in [3.8, 4) is 11.1 Å². The minimum absolute atomic E-state index is 0.0517. The molecule has 5 nitrogen and oxygen atoms in total. The van der Waals surface area contributed by atoms with Crippen LogP contribution in [0, 0.1) is 0 Å². The van der Waals surface area contributed by atoms with Gasteiger partial charge in [-0.3, -0.25) is 4.68 Å². The molecule has 0 aliphatic rings. The minimum Gasteiger partial charge on any atom is -0.384 e. The molecule has 0 saturated carbocycles. The fourth-order valence-electron chi connectivity index (χ4n) is 3.74. The Morgan fingerprint density at radius 3 is 2.47 bits per heavy atom. The summed E-state index contributed by atoms with van der Waals surface area (Å²) in [6.45, 7) is 2.15. The number of hydrogen-bond donors (Lipinski definition) is 1. The lowest BCUT2D eigenvalue weighted by atomic mass is 9.80. The highest BCUT2D eigenvalue weighted by Crippen LogP contribution is 2.40. The van der Waals surface area contributed by atoms with Gasteiger partial charge in [-0.25, -0.2) is 9.97 Å². The molecule has 2 N–H and O–H groups in total. The van der Waals surface area contributed by atoms with Crippen LogP contribution in [0.1, 0.15) is 35.6 Å². The van der Waals surface area contributed by atoms with Crippen molar-refractivity contribution in [1.29, 1.82) is 0 Å². The Labute approximate surface area is 185 Å². The minimum atomic E-state index is -0.0517. The maximum atomic E-state index is 6.30. The first-order valence-corrected chi connectivity index (χ1v) is 10.3. The highest BCUT2D eigenvalue weighted by Gasteiger charge is 2.25. The highest BCUT2D eigenvalue weighted by molar-refractivity contribution is 6.42. The molecule has 0 radical (unpaired) electrons. The number of nitrogens with zero attached hydrogens (tertiary/aromatic N) is 4. The van der Waals surface area contributed by atoms with Crippen LogP contribution in [0.5, 0.6) is 0 Å². The summed E-state index contributed by atoms with van der Waals surface area (Å²) in [5.74, 6) is 0.456. The molecule has 30 heavy (non-hydrogen) atoms. The van der Waals surface area contributed by atoms with E-state index in [0.717, 1.165) is 27.9 Å². The number of rotatable bonds is 5. The van der Waals surface area contributed by atoms with Crippen LogP contribution in [0.3, 0.4) is 0 Å². The maximum absolute atomic E-state index is 6.30. The molecule has 0 bridgehead atoms. The molecule has 4 rings (SSSR count). The molecule has 2 heterocycles. The van der Waals surface area contributed by atoms with Gasteiger partial charge in [0.05, 0.1) is 21.9 Å². The average molecular weight is 438 g/mol. The first-order valence-electron chi connectivity index (χ1n) is 9.53. The standard InChI is InChI=1S/C23H21Cl2N5/c1-14(15-6-7-19(24)20(25)9-15)23(21-10-22(26)28-13-27-21)17-5-3-4-16(8-17)18-11-29-30(2)12-18/h3-14,23H,1-2H3,(H2,26,27,28). The lowest BCUT2D eigenvalue weighted by Crippen LogP contribution is -2.13. The Kier molecular flexibility index (Phi) is 5.75. The van der Waals surface area contributed by atoms with Gasteiger partial charge in [0.25, 0.3) is 0 Å². The van der Waals surface area contributed by atoms with Crippen LogP contribution in [0.15, 0.2) is 67.3 Å². The van der Waals surface area contributed by atoms with Crippen LogP contribution in [0.2, 0.25) is 10.0 Å². The summed E-state index contributed by atoms with van der Waals surface area (Å²) >= 11 is 12.4. The van der Waals surface area contributed by atoms with Gasteiger partial charge < -0.3 is 5.73 Å². The van der Waals surface area contributed by atoms with E-state index in [9.17, 15) is 0 Å². The van der Waals surface area contributed by atoms with Crippen LogP contribution < -0.4 is 5.73 Å². The van der Waals surface area contributed by atoms with Gasteiger partial charge in [0.2, 0.25) is 0 Å². The topological polar surface area (TPSA) is 69.6 Å². The molecule has 0 fully saturated rings. The molecular weight excluding hydrogens is 417 g/mol. The van der Waals surface area contributed by atoms with Crippen LogP contribution in [0.4, 0.5) is 5.82 Å². The van der Waals surface area contributed by atoms with Gasteiger partial charge in [-0.05, 0) is 34.7 Å². The third-order valence-electron chi connectivity index (χ3n) is 5.28. The first kappa shape index (κ1) is 20.4. The third-order valence-corrected chi connectivity index (χ3v) is 6.02. The molecule has 0 spiro atoms. The van der Waals surface area contributed by atoms with Gasteiger partial charge in [0.1, 0.15) is 12.1 Å². The van der Waals surface area contributed by atoms with Crippen molar-refractivity contribution in [3.63, 3.8) is 0 Å². The van der Waals surface area contributed by atoms with Gasteiger partial charge in [-0.2, -0.15) is 5.10 Å². The van der Waals surface area contributed by atoms with Gasteiger partial charge in [-0.15, -0.1) is 0 Å². The smallest absolute Gasteiger partial charge is 0.127 e. The summed E-state index contributed by atoms with van der Waals surface area (Å²) in [6.07, 6.45) is 5.36. The molecule has 0 aliphatic heterocycles. The zero-order valence-electron chi connectivity index (χ0n) is 16.6. The normalized spacial score (nSPS) is 13.2. The number of benzene rings is 2. The van der Waals surface area contributed by atoms with Gasteiger partial charge in [0, 0.05) is 30.8 Å². The van der Waals surface area contributed by atoms with E-state index in [2.05, 4.69) is 46.3 Å². The van der Waals surface area contributed by atoms with E-state index in [1.807, 2.05) is 43.7 Å². The molecule has 7 heteroatoms. The van der Waals surface area contributed by atoms with E-state index in [-0.39, 0.29) is 11.8 Å². The molecule has 2 aromatic heterocycles. The summed E-state index contributed by atoms with van der Waals surface area (Å²) < 4.78 is 1.79. The third kappa shape index (κ3) is 4.18. The zero-order valence-corrected chi connectivity index (χ0v) is 18.1. The Balaban J connectivity index is 1.82. The second kappa shape index (κ2) is 8.46. The number of hydrogen-bond acceptors (Lipinski definition) is 4. The zero-order chi connectivity index (χ0) is 21.3.